The normalized spacial score (nSPS) is 17.2. The molecule has 3 aliphatic heterocycles. The summed E-state index contributed by atoms with van der Waals surface area (Å²) in [5.41, 5.74) is 3.80. The number of rotatable bonds is 8. The van der Waals surface area contributed by atoms with Crippen LogP contribution in [0.3, 0.4) is 0 Å². The zero-order valence-corrected chi connectivity index (χ0v) is 75.4. The Kier molecular flexibility index (Phi) is 31.0. The van der Waals surface area contributed by atoms with Crippen LogP contribution in [-0.2, 0) is 37.5 Å². The zero-order valence-electron chi connectivity index (χ0n) is 66.0. The number of fused-ring (bicyclic) bond motifs is 2. The smallest absolute Gasteiger partial charge is 0.405 e. The number of hydrogen-bond donors (Lipinski definition) is 2. The molecule has 596 valence electrons. The lowest BCUT2D eigenvalue weighted by molar-refractivity contribution is -0.114. The number of nitrogens with one attached hydrogen (secondary N) is 2. The second kappa shape index (κ2) is 38.2. The minimum Gasteiger partial charge on any atom is -0.405 e. The van der Waals surface area contributed by atoms with Crippen LogP contribution in [-0.4, -0.2) is 99.9 Å². The van der Waals surface area contributed by atoms with Gasteiger partial charge in [0.25, 0.3) is 16.7 Å². The van der Waals surface area contributed by atoms with Crippen LogP contribution in [0.1, 0.15) is 156 Å². The Morgan fingerprint density at radius 1 is 0.451 bits per heavy atom. The monoisotopic (exact) mass is 1870 g/mol. The molecule has 0 bridgehead atoms. The van der Waals surface area contributed by atoms with Crippen molar-refractivity contribution in [1.82, 2.24) is 33.6 Å². The Labute approximate surface area is 712 Å². The fraction of sp³-hybridized carbons (Fsp3) is 0.354. The van der Waals surface area contributed by atoms with Gasteiger partial charge in [0.2, 0.25) is 0 Å². The van der Waals surface area contributed by atoms with Gasteiger partial charge in [0.15, 0.2) is 22.4 Å². The number of aromatic nitrogens is 7. The molecule has 0 atom stereocenters. The van der Waals surface area contributed by atoms with Crippen LogP contribution in [0, 0.1) is 0 Å². The number of benzene rings is 2. The number of aromatic amines is 2. The summed E-state index contributed by atoms with van der Waals surface area (Å²) in [5.74, 6) is 0.160. The number of allylic oxidation sites excluding steroid dienone is 8. The molecule has 14 rings (SSSR count). The molecule has 3 saturated heterocycles. The number of pyridine rings is 7. The van der Waals surface area contributed by atoms with Crippen molar-refractivity contribution in [3.8, 4) is 33.6 Å². The van der Waals surface area contributed by atoms with Crippen LogP contribution in [0.25, 0.3) is 55.7 Å². The Morgan fingerprint density at radius 2 is 0.858 bits per heavy atom. The predicted octanol–water partition coefficient (Wildman–Crippen LogP) is 19.6. The lowest BCUT2D eigenvalue weighted by Crippen LogP contribution is -2.41. The Morgan fingerprint density at radius 3 is 1.29 bits per heavy atom. The maximum Gasteiger partial charge on any atom is 0.496 e. The minimum atomic E-state index is -0.511. The molecule has 2 aliphatic carbocycles. The highest BCUT2D eigenvalue weighted by Gasteiger charge is 2.64. The third-order valence-corrected chi connectivity index (χ3v) is 23.0. The van der Waals surface area contributed by atoms with E-state index in [9.17, 15) is 33.6 Å². The van der Waals surface area contributed by atoms with Gasteiger partial charge in [-0.3, -0.25) is 33.6 Å². The Hall–Kier alpha value is -6.66. The van der Waals surface area contributed by atoms with Gasteiger partial charge < -0.3 is 51.6 Å². The van der Waals surface area contributed by atoms with E-state index in [1.165, 1.54) is 12.1 Å². The first-order valence-corrected chi connectivity index (χ1v) is 40.9. The first-order valence-electron chi connectivity index (χ1n) is 36.3. The van der Waals surface area contributed by atoms with Crippen molar-refractivity contribution in [2.24, 2.45) is 0 Å². The third-order valence-electron chi connectivity index (χ3n) is 19.7. The molecule has 0 unspecified atom stereocenters. The molecule has 113 heavy (non-hydrogen) atoms. The van der Waals surface area contributed by atoms with E-state index in [0.717, 1.165) is 51.3 Å². The number of H-pyrrole nitrogens is 2. The second-order valence-electron chi connectivity index (χ2n) is 30.7. The molecule has 0 spiro atoms. The SMILES string of the molecule is CC(C)n1cc(-c2cc3c(=O)cc[nH]c3nc2-c2ccccc2)cc(Cl)c1=O.CC(C)n1cc(B2OC(C)(C)C(C)(C)O2)cc(Cl)c1=O.CC(C)n1cc(Br)cc(Cl)c1=O.CC1(C)OB(B2OC(C)(C)C(C)(C)O2)OC1(C)C.O=C1C=CC(Br)=CC1.O=C1CC=C(Br)C=C1Cl.O=c1cc[nH]c2nc(-c3ccccc3)c(Br)cc12. The second-order valence-corrected chi connectivity index (χ2v) is 35.9. The lowest BCUT2D eigenvalue weighted by Gasteiger charge is -2.32. The summed E-state index contributed by atoms with van der Waals surface area (Å²) >= 11 is 36.7. The van der Waals surface area contributed by atoms with Crippen LogP contribution < -0.4 is 33.0 Å². The summed E-state index contributed by atoms with van der Waals surface area (Å²) in [6, 6.07) is 31.1. The molecule has 7 aromatic heterocycles. The molecule has 0 saturated carbocycles. The van der Waals surface area contributed by atoms with Gasteiger partial charge in [-0.25, -0.2) is 9.97 Å². The quantitative estimate of drug-likeness (QED) is 0.134. The summed E-state index contributed by atoms with van der Waals surface area (Å²) in [6.45, 7) is 35.8. The number of ketones is 2. The largest absolute Gasteiger partial charge is 0.496 e. The van der Waals surface area contributed by atoms with Crippen LogP contribution >= 0.6 is 110 Å². The molecule has 2 aromatic carbocycles. The van der Waals surface area contributed by atoms with E-state index >= 15 is 0 Å². The van der Waals surface area contributed by atoms with Gasteiger partial charge in [-0.1, -0.05) is 151 Å². The molecule has 3 fully saturated rings. The fourth-order valence-corrected chi connectivity index (χ4v) is 13.9. The zero-order chi connectivity index (χ0) is 83.8. The van der Waals surface area contributed by atoms with Crippen molar-refractivity contribution in [3.05, 3.63) is 254 Å². The number of hydrogen-bond acceptors (Lipinski definition) is 15. The molecule has 10 heterocycles. The summed E-state index contributed by atoms with van der Waals surface area (Å²) in [6.07, 6.45) is 18.0. The molecule has 9 aromatic rings. The number of Topliss-reactive ketones (excluding diaryl/α,β-unsaturated/α-hetero) is 1. The summed E-state index contributed by atoms with van der Waals surface area (Å²) in [5, 5.41) is 1.94. The van der Waals surface area contributed by atoms with E-state index in [2.05, 4.69) is 78.7 Å². The number of halogens is 8. The highest BCUT2D eigenvalue weighted by molar-refractivity contribution is 9.12. The molecule has 0 amide bonds. The van der Waals surface area contributed by atoms with Gasteiger partial charge in [0.05, 0.1) is 60.8 Å². The minimum absolute atomic E-state index is 0.0140. The van der Waals surface area contributed by atoms with Gasteiger partial charge in [0.1, 0.15) is 26.4 Å². The van der Waals surface area contributed by atoms with Gasteiger partial charge in [-0.05, 0) is 205 Å². The van der Waals surface area contributed by atoms with Crippen LogP contribution in [0.2, 0.25) is 15.1 Å². The highest BCUT2D eigenvalue weighted by Crippen LogP contribution is 2.44. The maximum atomic E-state index is 12.4. The predicted molar refractivity (Wildman–Crippen MR) is 473 cm³/mol. The standard InChI is InChI=1S/C22H18ClN3O2.C14H21BClNO3.C14H9BrN2O.C12H24B2O4.C8H9BrClNO.C6H4BrClO.C6H5BrO/c1-13(2)26-12-15(10-18(23)22(26)28)16-11-17-19(27)8-9-24-21(17)25-20(16)14-6-4-3-5-7-14;1-9(2)17-8-10(7-11(16)12(17)18)15-19-13(3,4)14(5,6)20-15;15-11-8-10-12(18)6-7-16-14(10)17-13(11)9-4-2-1-3-5-9;1-9(2)10(3,4)16-13(15-9)14-17-11(5,6)12(7,8)18-14;1-5(2)11-4-6(9)3-7(10)8(11)12;7-4-1-2-6(9)5(8)3-4;7-5-1-3-6(8)4-2-5/h3-13H,1-2H3,(H,24,25,27);7-9H,1-6H3;1-8H,(H,16,17,18);1-8H3;3-5H,1-2H3;1,3H,2H2;1-3H,4H2. The van der Waals surface area contributed by atoms with Crippen LogP contribution in [0.15, 0.2) is 211 Å². The van der Waals surface area contributed by atoms with E-state index in [1.807, 2.05) is 203 Å². The van der Waals surface area contributed by atoms with E-state index in [4.69, 9.17) is 79.3 Å². The number of carbonyl (C=O) groups excluding carboxylic acids is 2. The topological polar surface area (TPSA) is 247 Å². The molecular formula is C82H90B3Br4Cl4N7O13. The van der Waals surface area contributed by atoms with Crippen molar-refractivity contribution in [3.63, 3.8) is 0 Å². The summed E-state index contributed by atoms with van der Waals surface area (Å²) < 4.78 is 44.1. The van der Waals surface area contributed by atoms with Crippen molar-refractivity contribution in [1.29, 1.82) is 0 Å². The average Bonchev–Trinajstić information content (AvgIpc) is 1.16. The number of carbonyl (C=O) groups is 2. The summed E-state index contributed by atoms with van der Waals surface area (Å²) in [4.78, 5) is 96.2. The van der Waals surface area contributed by atoms with Crippen LogP contribution in [0.5, 0.6) is 0 Å². The van der Waals surface area contributed by atoms with Gasteiger partial charge >= 0.3 is 21.1 Å². The first kappa shape index (κ1) is 91.9. The third kappa shape index (κ3) is 23.0. The van der Waals surface area contributed by atoms with E-state index < -0.39 is 32.3 Å². The maximum absolute atomic E-state index is 12.4. The van der Waals surface area contributed by atoms with Gasteiger partial charge in [0, 0.05) is 120 Å². The van der Waals surface area contributed by atoms with Crippen LogP contribution in [0.4, 0.5) is 0 Å². The van der Waals surface area contributed by atoms with Crippen molar-refractivity contribution in [2.45, 2.75) is 189 Å². The van der Waals surface area contributed by atoms with Gasteiger partial charge in [-0.2, -0.15) is 0 Å². The van der Waals surface area contributed by atoms with Crippen molar-refractivity contribution in [2.75, 3.05) is 0 Å². The Bertz CT molecular complexity index is 5370. The molecule has 0 radical (unpaired) electrons. The first-order chi connectivity index (χ1) is 52.6. The van der Waals surface area contributed by atoms with Crippen molar-refractivity contribution < 1.29 is 37.5 Å². The summed E-state index contributed by atoms with van der Waals surface area (Å²) in [7, 11) is -1.46. The molecule has 20 nitrogen and oxygen atoms in total. The molecule has 31 heteroatoms. The molecule has 5 aliphatic rings. The fourth-order valence-electron chi connectivity index (χ4n) is 11.2. The highest BCUT2D eigenvalue weighted by atomic mass is 79.9. The molecule has 2 N–H and O–H groups in total. The molecular weight excluding hydrogens is 1780 g/mol. The van der Waals surface area contributed by atoms with E-state index in [-0.39, 0.29) is 94.7 Å². The number of nitrogens with zero attached hydrogens (tertiary/aromatic N) is 5. The van der Waals surface area contributed by atoms with E-state index in [0.29, 0.717) is 45.6 Å². The average molecular weight is 1880 g/mol. The Balaban J connectivity index is 0.000000171. The van der Waals surface area contributed by atoms with Gasteiger partial charge in [-0.15, -0.1) is 0 Å². The lowest BCUT2D eigenvalue weighted by atomic mass is 9.49. The van der Waals surface area contributed by atoms with Crippen molar-refractivity contribution >= 4 is 170 Å². The van der Waals surface area contributed by atoms with E-state index in [1.54, 1.807) is 87.2 Å².